The van der Waals surface area contributed by atoms with Gasteiger partial charge in [0.05, 0.1) is 0 Å². The van der Waals surface area contributed by atoms with Crippen molar-refractivity contribution in [2.75, 3.05) is 18.0 Å². The Kier molecular flexibility index (Phi) is 4.98. The number of nitrogens with zero attached hydrogens (tertiary/aromatic N) is 4. The Hall–Kier alpha value is -0.360. The molecule has 0 aliphatic carbocycles. The molecule has 0 spiro atoms. The summed E-state index contributed by atoms with van der Waals surface area (Å²) in [4.78, 5) is 13.8. The molecule has 1 aliphatic rings. The number of anilines is 1. The first kappa shape index (κ1) is 13.7. The smallest absolute Gasteiger partial charge is 0.230 e. The summed E-state index contributed by atoms with van der Waals surface area (Å²) < 4.78 is 0. The zero-order chi connectivity index (χ0) is 10.8. The van der Waals surface area contributed by atoms with Crippen LogP contribution in [0.1, 0.15) is 12.8 Å². The Labute approximate surface area is 110 Å². The van der Waals surface area contributed by atoms with Crippen LogP contribution < -0.4 is 10.6 Å². The summed E-state index contributed by atoms with van der Waals surface area (Å²) in [7, 11) is 0. The Morgan fingerprint density at radius 2 is 1.56 bits per heavy atom. The van der Waals surface area contributed by atoms with Gasteiger partial charge in [-0.15, -0.1) is 12.4 Å². The van der Waals surface area contributed by atoms with Gasteiger partial charge in [0.25, 0.3) is 0 Å². The number of nitrogens with two attached hydrogens (primary N) is 1. The van der Waals surface area contributed by atoms with Crippen molar-refractivity contribution >= 4 is 41.6 Å². The van der Waals surface area contributed by atoms with Crippen molar-refractivity contribution in [3.8, 4) is 0 Å². The van der Waals surface area contributed by atoms with Crippen LogP contribution in [0, 0.1) is 0 Å². The third-order valence-corrected chi connectivity index (χ3v) is 2.73. The van der Waals surface area contributed by atoms with E-state index < -0.39 is 0 Å². The highest BCUT2D eigenvalue weighted by molar-refractivity contribution is 6.31. The number of rotatable bonds is 1. The molecule has 0 saturated carbocycles. The van der Waals surface area contributed by atoms with Gasteiger partial charge < -0.3 is 10.6 Å². The van der Waals surface area contributed by atoms with E-state index in [4.69, 9.17) is 28.9 Å². The van der Waals surface area contributed by atoms with Crippen molar-refractivity contribution in [2.45, 2.75) is 18.9 Å². The van der Waals surface area contributed by atoms with Crippen molar-refractivity contribution < 1.29 is 0 Å². The molecule has 2 heterocycles. The fraction of sp³-hybridized carbons (Fsp3) is 0.625. The first-order chi connectivity index (χ1) is 7.15. The molecule has 0 radical (unpaired) electrons. The van der Waals surface area contributed by atoms with Crippen LogP contribution in [-0.4, -0.2) is 34.1 Å². The lowest BCUT2D eigenvalue weighted by atomic mass is 10.1. The minimum absolute atomic E-state index is 0. The van der Waals surface area contributed by atoms with E-state index in [0.717, 1.165) is 25.9 Å². The third kappa shape index (κ3) is 3.31. The molecular weight excluding hydrogens is 272 g/mol. The van der Waals surface area contributed by atoms with Gasteiger partial charge in [-0.1, -0.05) is 0 Å². The van der Waals surface area contributed by atoms with E-state index in [9.17, 15) is 0 Å². The lowest BCUT2D eigenvalue weighted by molar-refractivity contribution is 0.495. The van der Waals surface area contributed by atoms with E-state index in [-0.39, 0.29) is 29.0 Å². The molecule has 1 aromatic heterocycles. The van der Waals surface area contributed by atoms with Gasteiger partial charge in [-0.3, -0.25) is 0 Å². The Morgan fingerprint density at radius 3 is 2.06 bits per heavy atom. The Balaban J connectivity index is 0.00000128. The van der Waals surface area contributed by atoms with Crippen LogP contribution in [0.3, 0.4) is 0 Å². The molecule has 2 N–H and O–H groups in total. The van der Waals surface area contributed by atoms with Gasteiger partial charge >= 0.3 is 0 Å². The van der Waals surface area contributed by atoms with E-state index in [1.807, 2.05) is 4.90 Å². The Bertz CT molecular complexity index is 333. The summed E-state index contributed by atoms with van der Waals surface area (Å²) in [6.07, 6.45) is 1.86. The van der Waals surface area contributed by atoms with E-state index >= 15 is 0 Å². The normalized spacial score (nSPS) is 17.1. The minimum Gasteiger partial charge on any atom is -0.341 e. The predicted octanol–water partition coefficient (Wildman–Crippen LogP) is 1.53. The second kappa shape index (κ2) is 5.82. The highest BCUT2D eigenvalue weighted by Crippen LogP contribution is 2.17. The monoisotopic (exact) mass is 283 g/mol. The van der Waals surface area contributed by atoms with Crippen molar-refractivity contribution in [1.29, 1.82) is 0 Å². The van der Waals surface area contributed by atoms with E-state index in [2.05, 4.69) is 15.0 Å². The van der Waals surface area contributed by atoms with E-state index in [0.29, 0.717) is 5.95 Å². The zero-order valence-electron chi connectivity index (χ0n) is 8.44. The molecule has 1 aliphatic heterocycles. The second-order valence-corrected chi connectivity index (χ2v) is 4.17. The van der Waals surface area contributed by atoms with Crippen molar-refractivity contribution in [3.63, 3.8) is 0 Å². The second-order valence-electron chi connectivity index (χ2n) is 3.50. The van der Waals surface area contributed by atoms with Crippen molar-refractivity contribution in [1.82, 2.24) is 15.0 Å². The van der Waals surface area contributed by atoms with Crippen molar-refractivity contribution in [3.05, 3.63) is 10.6 Å². The maximum Gasteiger partial charge on any atom is 0.230 e. The van der Waals surface area contributed by atoms with Gasteiger partial charge in [-0.05, 0) is 36.0 Å². The molecule has 5 nitrogen and oxygen atoms in total. The maximum atomic E-state index is 5.80. The summed E-state index contributed by atoms with van der Waals surface area (Å²) in [5, 5.41) is 0.250. The average molecular weight is 285 g/mol. The van der Waals surface area contributed by atoms with Gasteiger partial charge in [0, 0.05) is 19.1 Å². The van der Waals surface area contributed by atoms with Crippen LogP contribution in [0.5, 0.6) is 0 Å². The average Bonchev–Trinajstić information content (AvgIpc) is 2.17. The molecule has 8 heteroatoms. The van der Waals surface area contributed by atoms with Crippen LogP contribution in [0.15, 0.2) is 0 Å². The largest absolute Gasteiger partial charge is 0.341 e. The number of hydrogen-bond donors (Lipinski definition) is 1. The number of halogens is 3. The summed E-state index contributed by atoms with van der Waals surface area (Å²) in [5.41, 5.74) is 5.80. The fourth-order valence-electron chi connectivity index (χ4n) is 1.56. The molecule has 0 bridgehead atoms. The fourth-order valence-corrected chi connectivity index (χ4v) is 1.91. The molecule has 16 heavy (non-hydrogen) atoms. The first-order valence-corrected chi connectivity index (χ1v) is 5.48. The molecule has 0 aromatic carbocycles. The van der Waals surface area contributed by atoms with Crippen LogP contribution in [0.2, 0.25) is 10.6 Å². The lowest BCUT2D eigenvalue weighted by Crippen LogP contribution is -2.40. The molecule has 90 valence electrons. The van der Waals surface area contributed by atoms with Gasteiger partial charge in [-0.25, -0.2) is 0 Å². The predicted molar refractivity (Wildman–Crippen MR) is 66.5 cm³/mol. The summed E-state index contributed by atoms with van der Waals surface area (Å²) >= 11 is 11.4. The zero-order valence-corrected chi connectivity index (χ0v) is 10.8. The summed E-state index contributed by atoms with van der Waals surface area (Å²) in [5.74, 6) is 0.534. The van der Waals surface area contributed by atoms with Crippen LogP contribution in [-0.2, 0) is 0 Å². The van der Waals surface area contributed by atoms with Gasteiger partial charge in [0.15, 0.2) is 0 Å². The first-order valence-electron chi connectivity index (χ1n) is 4.73. The molecule has 0 unspecified atom stereocenters. The molecule has 1 saturated heterocycles. The standard InChI is InChI=1S/C8H11Cl2N5.ClH/c9-6-12-7(10)14-8(13-6)15-3-1-5(11)2-4-15;/h5H,1-4,11H2;1H. The quantitative estimate of drug-likeness (QED) is 0.847. The molecular formula is C8H12Cl3N5. The molecule has 0 atom stereocenters. The molecule has 1 fully saturated rings. The van der Waals surface area contributed by atoms with Crippen molar-refractivity contribution in [2.24, 2.45) is 5.73 Å². The molecule has 1 aromatic rings. The number of piperidine rings is 1. The highest BCUT2D eigenvalue weighted by Gasteiger charge is 2.19. The Morgan fingerprint density at radius 1 is 1.06 bits per heavy atom. The van der Waals surface area contributed by atoms with E-state index in [1.54, 1.807) is 0 Å². The van der Waals surface area contributed by atoms with Gasteiger partial charge in [0.1, 0.15) is 0 Å². The number of aromatic nitrogens is 3. The highest BCUT2D eigenvalue weighted by atomic mass is 35.5. The molecule has 0 amide bonds. The van der Waals surface area contributed by atoms with Crippen LogP contribution in [0.25, 0.3) is 0 Å². The number of hydrogen-bond acceptors (Lipinski definition) is 5. The lowest BCUT2D eigenvalue weighted by Gasteiger charge is -2.29. The van der Waals surface area contributed by atoms with Crippen LogP contribution >= 0.6 is 35.6 Å². The molecule has 2 rings (SSSR count). The summed E-state index contributed by atoms with van der Waals surface area (Å²) in [6.45, 7) is 1.66. The maximum absolute atomic E-state index is 5.80. The summed E-state index contributed by atoms with van der Waals surface area (Å²) in [6, 6.07) is 0.272. The minimum atomic E-state index is 0. The SMILES string of the molecule is Cl.NC1CCN(c2nc(Cl)nc(Cl)n2)CC1. The third-order valence-electron chi connectivity index (χ3n) is 2.39. The van der Waals surface area contributed by atoms with E-state index in [1.165, 1.54) is 0 Å². The van der Waals surface area contributed by atoms with Crippen LogP contribution in [0.4, 0.5) is 5.95 Å². The topological polar surface area (TPSA) is 67.9 Å². The van der Waals surface area contributed by atoms with Gasteiger partial charge in [-0.2, -0.15) is 15.0 Å². The van der Waals surface area contributed by atoms with Gasteiger partial charge in [0.2, 0.25) is 16.5 Å².